The molecule has 1 aromatic carbocycles. The molecule has 0 bridgehead atoms. The van der Waals surface area contributed by atoms with Crippen LogP contribution in [0.15, 0.2) is 22.6 Å². The molecule has 2 aromatic rings. The first-order chi connectivity index (χ1) is 8.97. The van der Waals surface area contributed by atoms with Crippen LogP contribution < -0.4 is 11.3 Å². The van der Waals surface area contributed by atoms with E-state index >= 15 is 0 Å². The molecular formula is C14H16F2N2O. The fourth-order valence-corrected chi connectivity index (χ4v) is 2.31. The fourth-order valence-electron chi connectivity index (χ4n) is 2.31. The van der Waals surface area contributed by atoms with Crippen molar-refractivity contribution < 1.29 is 13.2 Å². The molecule has 0 aliphatic heterocycles. The number of hydrogen-bond acceptors (Lipinski definition) is 3. The van der Waals surface area contributed by atoms with Crippen molar-refractivity contribution in [3.05, 3.63) is 58.0 Å². The predicted molar refractivity (Wildman–Crippen MR) is 68.4 cm³/mol. The summed E-state index contributed by atoms with van der Waals surface area (Å²) in [7, 11) is 0. The first-order valence-electron chi connectivity index (χ1n) is 5.93. The van der Waals surface area contributed by atoms with Crippen LogP contribution in [0.1, 0.15) is 34.3 Å². The smallest absolute Gasteiger partial charge is 0.163 e. The molecular weight excluding hydrogens is 250 g/mol. The van der Waals surface area contributed by atoms with Crippen molar-refractivity contribution in [1.29, 1.82) is 0 Å². The topological polar surface area (TPSA) is 51.2 Å². The minimum atomic E-state index is -0.900. The highest BCUT2D eigenvalue weighted by Crippen LogP contribution is 2.32. The lowest BCUT2D eigenvalue weighted by molar-refractivity contribution is 0.474. The number of halogens is 2. The molecule has 0 aliphatic carbocycles. The van der Waals surface area contributed by atoms with E-state index in [1.807, 2.05) is 13.8 Å². The first kappa shape index (κ1) is 13.7. The van der Waals surface area contributed by atoms with Gasteiger partial charge in [0.2, 0.25) is 0 Å². The summed E-state index contributed by atoms with van der Waals surface area (Å²) in [6.45, 7) is 5.46. The maximum atomic E-state index is 13.9. The van der Waals surface area contributed by atoms with Gasteiger partial charge in [0.25, 0.3) is 0 Å². The molecule has 1 atom stereocenters. The third-order valence-corrected chi connectivity index (χ3v) is 3.37. The monoisotopic (exact) mass is 266 g/mol. The summed E-state index contributed by atoms with van der Waals surface area (Å²) in [5.41, 5.74) is 4.31. The summed E-state index contributed by atoms with van der Waals surface area (Å²) in [5.74, 6) is 5.11. The van der Waals surface area contributed by atoms with Crippen molar-refractivity contribution in [1.82, 2.24) is 5.43 Å². The van der Waals surface area contributed by atoms with Gasteiger partial charge >= 0.3 is 0 Å². The number of hydrogen-bond donors (Lipinski definition) is 2. The Balaban J connectivity index is 2.60. The number of furan rings is 1. The SMILES string of the molecule is Cc1oc(C)c(C(NN)c2cccc(F)c2F)c1C. The summed E-state index contributed by atoms with van der Waals surface area (Å²) >= 11 is 0. The minimum Gasteiger partial charge on any atom is -0.466 e. The van der Waals surface area contributed by atoms with E-state index in [-0.39, 0.29) is 5.56 Å². The van der Waals surface area contributed by atoms with Crippen molar-refractivity contribution in [2.45, 2.75) is 26.8 Å². The van der Waals surface area contributed by atoms with E-state index in [0.29, 0.717) is 5.76 Å². The third kappa shape index (κ3) is 2.27. The van der Waals surface area contributed by atoms with Crippen LogP contribution >= 0.6 is 0 Å². The zero-order chi connectivity index (χ0) is 14.2. The van der Waals surface area contributed by atoms with Gasteiger partial charge in [-0.1, -0.05) is 12.1 Å². The lowest BCUT2D eigenvalue weighted by Crippen LogP contribution is -2.30. The highest BCUT2D eigenvalue weighted by molar-refractivity contribution is 5.41. The second kappa shape index (κ2) is 5.11. The molecule has 3 N–H and O–H groups in total. The van der Waals surface area contributed by atoms with Gasteiger partial charge in [0, 0.05) is 11.1 Å². The van der Waals surface area contributed by atoms with Gasteiger partial charge in [0.1, 0.15) is 11.5 Å². The van der Waals surface area contributed by atoms with Gasteiger partial charge in [-0.3, -0.25) is 5.84 Å². The van der Waals surface area contributed by atoms with Gasteiger partial charge in [-0.2, -0.15) is 0 Å². The van der Waals surface area contributed by atoms with Crippen molar-refractivity contribution in [3.63, 3.8) is 0 Å². The van der Waals surface area contributed by atoms with Crippen LogP contribution in [-0.2, 0) is 0 Å². The van der Waals surface area contributed by atoms with Crippen LogP contribution in [0.2, 0.25) is 0 Å². The van der Waals surface area contributed by atoms with Crippen LogP contribution in [0.25, 0.3) is 0 Å². The van der Waals surface area contributed by atoms with E-state index < -0.39 is 17.7 Å². The molecule has 0 aliphatic rings. The Hall–Kier alpha value is -1.72. The summed E-state index contributed by atoms with van der Waals surface area (Å²) in [4.78, 5) is 0. The van der Waals surface area contributed by atoms with Crippen molar-refractivity contribution in [3.8, 4) is 0 Å². The summed E-state index contributed by atoms with van der Waals surface area (Å²) in [6, 6.07) is 3.39. The molecule has 1 unspecified atom stereocenters. The van der Waals surface area contributed by atoms with Gasteiger partial charge in [0.15, 0.2) is 11.6 Å². The molecule has 2 rings (SSSR count). The van der Waals surface area contributed by atoms with Crippen LogP contribution in [0.4, 0.5) is 8.78 Å². The minimum absolute atomic E-state index is 0.162. The average molecular weight is 266 g/mol. The number of rotatable bonds is 3. The molecule has 19 heavy (non-hydrogen) atoms. The summed E-state index contributed by atoms with van der Waals surface area (Å²) in [5, 5.41) is 0. The Morgan fingerprint density at radius 1 is 1.16 bits per heavy atom. The molecule has 1 heterocycles. The van der Waals surface area contributed by atoms with E-state index in [9.17, 15) is 8.78 Å². The zero-order valence-electron chi connectivity index (χ0n) is 11.1. The summed E-state index contributed by atoms with van der Waals surface area (Å²) in [6.07, 6.45) is 0. The van der Waals surface area contributed by atoms with Crippen molar-refractivity contribution >= 4 is 0 Å². The van der Waals surface area contributed by atoms with Gasteiger partial charge < -0.3 is 4.42 Å². The van der Waals surface area contributed by atoms with E-state index in [4.69, 9.17) is 10.3 Å². The number of hydrazine groups is 1. The lowest BCUT2D eigenvalue weighted by atomic mass is 9.95. The molecule has 0 saturated carbocycles. The van der Waals surface area contributed by atoms with E-state index in [1.54, 1.807) is 6.92 Å². The quantitative estimate of drug-likeness (QED) is 0.663. The lowest BCUT2D eigenvalue weighted by Gasteiger charge is -2.18. The highest BCUT2D eigenvalue weighted by Gasteiger charge is 2.25. The third-order valence-electron chi connectivity index (χ3n) is 3.37. The Kier molecular flexibility index (Phi) is 3.68. The fraction of sp³-hybridized carbons (Fsp3) is 0.286. The maximum absolute atomic E-state index is 13.9. The van der Waals surface area contributed by atoms with Gasteiger partial charge in [-0.25, -0.2) is 14.2 Å². The Morgan fingerprint density at radius 2 is 1.84 bits per heavy atom. The van der Waals surface area contributed by atoms with E-state index in [0.717, 1.165) is 23.0 Å². The van der Waals surface area contributed by atoms with E-state index in [1.165, 1.54) is 12.1 Å². The molecule has 0 saturated heterocycles. The molecule has 5 heteroatoms. The normalized spacial score (nSPS) is 12.7. The molecule has 0 radical (unpaired) electrons. The maximum Gasteiger partial charge on any atom is 0.163 e. The Morgan fingerprint density at radius 3 is 2.37 bits per heavy atom. The highest BCUT2D eigenvalue weighted by atomic mass is 19.2. The molecule has 0 amide bonds. The second-order valence-electron chi connectivity index (χ2n) is 4.50. The largest absolute Gasteiger partial charge is 0.466 e. The van der Waals surface area contributed by atoms with Crippen LogP contribution in [-0.4, -0.2) is 0 Å². The van der Waals surface area contributed by atoms with Crippen LogP contribution in [0.5, 0.6) is 0 Å². The Labute approximate surface area is 110 Å². The average Bonchev–Trinajstić information content (AvgIpc) is 2.62. The van der Waals surface area contributed by atoms with Gasteiger partial charge in [-0.15, -0.1) is 0 Å². The standard InChI is InChI=1S/C14H16F2N2O/c1-7-8(2)19-9(3)12(7)14(18-17)10-5-4-6-11(15)13(10)16/h4-6,14,18H,17H2,1-3H3. The molecule has 0 spiro atoms. The van der Waals surface area contributed by atoms with Gasteiger partial charge in [0.05, 0.1) is 6.04 Å². The number of nitrogens with two attached hydrogens (primary N) is 1. The first-order valence-corrected chi connectivity index (χ1v) is 5.93. The number of benzene rings is 1. The van der Waals surface area contributed by atoms with E-state index in [2.05, 4.69) is 5.43 Å². The van der Waals surface area contributed by atoms with Crippen molar-refractivity contribution in [2.24, 2.45) is 5.84 Å². The van der Waals surface area contributed by atoms with Crippen LogP contribution in [0, 0.1) is 32.4 Å². The zero-order valence-corrected chi connectivity index (χ0v) is 11.1. The molecule has 3 nitrogen and oxygen atoms in total. The number of nitrogens with one attached hydrogen (secondary N) is 1. The Bertz CT molecular complexity index is 608. The number of aryl methyl sites for hydroxylation is 2. The van der Waals surface area contributed by atoms with Gasteiger partial charge in [-0.05, 0) is 32.4 Å². The summed E-state index contributed by atoms with van der Waals surface area (Å²) < 4.78 is 32.7. The second-order valence-corrected chi connectivity index (χ2v) is 4.50. The predicted octanol–water partition coefficient (Wildman–Crippen LogP) is 3.04. The molecule has 1 aromatic heterocycles. The van der Waals surface area contributed by atoms with Crippen molar-refractivity contribution in [2.75, 3.05) is 0 Å². The molecule has 102 valence electrons. The molecule has 0 fully saturated rings. The van der Waals surface area contributed by atoms with Crippen LogP contribution in [0.3, 0.4) is 0 Å².